The van der Waals surface area contributed by atoms with Crippen LogP contribution in [-0.2, 0) is 0 Å². The van der Waals surface area contributed by atoms with Crippen molar-refractivity contribution in [2.45, 2.75) is 32.6 Å². The van der Waals surface area contributed by atoms with Crippen LogP contribution in [0.5, 0.6) is 5.75 Å². The normalized spacial score (nSPS) is 16.0. The summed E-state index contributed by atoms with van der Waals surface area (Å²) in [6.45, 7) is 4.27. The van der Waals surface area contributed by atoms with E-state index in [0.29, 0.717) is 0 Å². The molecule has 0 unspecified atom stereocenters. The van der Waals surface area contributed by atoms with Gasteiger partial charge < -0.3 is 4.74 Å². The van der Waals surface area contributed by atoms with Crippen LogP contribution in [0.1, 0.15) is 43.7 Å². The molecule has 1 radical (unpaired) electrons. The predicted octanol–water partition coefficient (Wildman–Crippen LogP) is 3.53. The molecule has 1 aromatic rings. The number of rotatable bonds is 3. The molecule has 0 atom stereocenters. The molecular weight excluding hydrogens is 172 g/mol. The maximum atomic E-state index is 5.52. The molecule has 1 aliphatic carbocycles. The van der Waals surface area contributed by atoms with Crippen LogP contribution in [0, 0.1) is 5.92 Å². The fourth-order valence-electron chi connectivity index (χ4n) is 1.89. The average molecular weight is 189 g/mol. The Kier molecular flexibility index (Phi) is 2.49. The molecule has 1 aliphatic rings. The first-order valence-corrected chi connectivity index (χ1v) is 5.21. The lowest BCUT2D eigenvalue weighted by atomic mass is 9.97. The molecule has 1 heteroatoms. The minimum atomic E-state index is 0.754. The highest BCUT2D eigenvalue weighted by Gasteiger charge is 2.27. The molecule has 75 valence electrons. The average Bonchev–Trinajstić information content (AvgIpc) is 2.99. The molecule has 1 aromatic carbocycles. The van der Waals surface area contributed by atoms with Crippen LogP contribution >= 0.6 is 0 Å². The number of benzene rings is 1. The molecule has 0 bridgehead atoms. The van der Waals surface area contributed by atoms with Crippen molar-refractivity contribution in [2.24, 2.45) is 0 Å². The van der Waals surface area contributed by atoms with Gasteiger partial charge in [0.25, 0.3) is 0 Å². The summed E-state index contributed by atoms with van der Waals surface area (Å²) in [5.74, 6) is 3.17. The molecule has 0 aromatic heterocycles. The summed E-state index contributed by atoms with van der Waals surface area (Å²) in [5.41, 5.74) is 2.66. The van der Waals surface area contributed by atoms with Crippen molar-refractivity contribution in [1.82, 2.24) is 0 Å². The fraction of sp³-hybridized carbons (Fsp3) is 0.462. The summed E-state index contributed by atoms with van der Waals surface area (Å²) in [6, 6.07) is 6.47. The summed E-state index contributed by atoms with van der Waals surface area (Å²) in [6.07, 6.45) is 2.64. The molecule has 1 fully saturated rings. The zero-order valence-electron chi connectivity index (χ0n) is 9.13. The lowest BCUT2D eigenvalue weighted by Crippen LogP contribution is -1.98. The van der Waals surface area contributed by atoms with Crippen LogP contribution in [0.3, 0.4) is 0 Å². The summed E-state index contributed by atoms with van der Waals surface area (Å²) in [7, 11) is 1.77. The standard InChI is InChI=1S/C13H17O/c1-9(2)11-5-4-6-12(10-7-8-10)13(11)14-3/h4-6,10H,7-8H2,1-3H3. The van der Waals surface area contributed by atoms with E-state index in [-0.39, 0.29) is 0 Å². The molecule has 2 rings (SSSR count). The highest BCUT2D eigenvalue weighted by atomic mass is 16.5. The van der Waals surface area contributed by atoms with Gasteiger partial charge in [-0.15, -0.1) is 0 Å². The van der Waals surface area contributed by atoms with Gasteiger partial charge in [-0.2, -0.15) is 0 Å². The van der Waals surface area contributed by atoms with Gasteiger partial charge in [0.2, 0.25) is 0 Å². The summed E-state index contributed by atoms with van der Waals surface area (Å²) >= 11 is 0. The molecule has 0 amide bonds. The fourth-order valence-corrected chi connectivity index (χ4v) is 1.89. The molecular formula is C13H17O. The Balaban J connectivity index is 2.44. The quantitative estimate of drug-likeness (QED) is 0.706. The largest absolute Gasteiger partial charge is 0.496 e. The molecule has 0 N–H and O–H groups in total. The summed E-state index contributed by atoms with van der Waals surface area (Å²) in [5, 5.41) is 0. The van der Waals surface area contributed by atoms with Crippen molar-refractivity contribution in [3.63, 3.8) is 0 Å². The molecule has 0 saturated heterocycles. The third-order valence-corrected chi connectivity index (χ3v) is 2.81. The van der Waals surface area contributed by atoms with Gasteiger partial charge in [0.05, 0.1) is 7.11 Å². The van der Waals surface area contributed by atoms with Gasteiger partial charge in [-0.1, -0.05) is 32.0 Å². The van der Waals surface area contributed by atoms with Crippen molar-refractivity contribution < 1.29 is 4.74 Å². The number of hydrogen-bond donors (Lipinski definition) is 0. The van der Waals surface area contributed by atoms with Gasteiger partial charge in [0, 0.05) is 11.5 Å². The lowest BCUT2D eigenvalue weighted by Gasteiger charge is -2.15. The van der Waals surface area contributed by atoms with E-state index in [9.17, 15) is 0 Å². The third-order valence-electron chi connectivity index (χ3n) is 2.81. The van der Waals surface area contributed by atoms with Crippen LogP contribution in [0.2, 0.25) is 0 Å². The molecule has 1 saturated carbocycles. The van der Waals surface area contributed by atoms with Crippen molar-refractivity contribution >= 4 is 0 Å². The predicted molar refractivity (Wildman–Crippen MR) is 58.7 cm³/mol. The molecule has 0 aliphatic heterocycles. The van der Waals surface area contributed by atoms with E-state index in [1.807, 2.05) is 0 Å². The molecule has 0 heterocycles. The monoisotopic (exact) mass is 189 g/mol. The van der Waals surface area contributed by atoms with Crippen LogP contribution in [0.25, 0.3) is 0 Å². The zero-order chi connectivity index (χ0) is 10.1. The number of methoxy groups -OCH3 is 1. The lowest BCUT2D eigenvalue weighted by molar-refractivity contribution is 0.406. The maximum Gasteiger partial charge on any atom is 0.126 e. The summed E-state index contributed by atoms with van der Waals surface area (Å²) < 4.78 is 5.52. The van der Waals surface area contributed by atoms with Crippen molar-refractivity contribution in [3.05, 3.63) is 35.2 Å². The van der Waals surface area contributed by atoms with Crippen molar-refractivity contribution in [3.8, 4) is 5.75 Å². The minimum absolute atomic E-state index is 0.754. The van der Waals surface area contributed by atoms with E-state index in [4.69, 9.17) is 4.74 Å². The van der Waals surface area contributed by atoms with Crippen LogP contribution in [0.15, 0.2) is 18.2 Å². The second kappa shape index (κ2) is 3.64. The van der Waals surface area contributed by atoms with Gasteiger partial charge in [0.1, 0.15) is 5.75 Å². The second-order valence-electron chi connectivity index (χ2n) is 4.20. The van der Waals surface area contributed by atoms with Crippen LogP contribution < -0.4 is 4.74 Å². The van der Waals surface area contributed by atoms with Crippen LogP contribution in [-0.4, -0.2) is 7.11 Å². The van der Waals surface area contributed by atoms with E-state index in [1.54, 1.807) is 7.11 Å². The first kappa shape index (κ1) is 9.57. The zero-order valence-corrected chi connectivity index (χ0v) is 9.13. The van der Waals surface area contributed by atoms with Gasteiger partial charge in [-0.05, 0) is 24.3 Å². The van der Waals surface area contributed by atoms with E-state index in [2.05, 4.69) is 32.0 Å². The second-order valence-corrected chi connectivity index (χ2v) is 4.20. The summed E-state index contributed by atoms with van der Waals surface area (Å²) in [4.78, 5) is 0. The Morgan fingerprint density at radius 3 is 2.50 bits per heavy atom. The van der Waals surface area contributed by atoms with Crippen molar-refractivity contribution in [1.29, 1.82) is 0 Å². The third kappa shape index (κ3) is 1.63. The van der Waals surface area contributed by atoms with Gasteiger partial charge in [-0.25, -0.2) is 0 Å². The smallest absolute Gasteiger partial charge is 0.126 e. The number of para-hydroxylation sites is 1. The molecule has 14 heavy (non-hydrogen) atoms. The Morgan fingerprint density at radius 2 is 2.00 bits per heavy atom. The first-order chi connectivity index (χ1) is 6.74. The van der Waals surface area contributed by atoms with Gasteiger partial charge in [-0.3, -0.25) is 0 Å². The van der Waals surface area contributed by atoms with Gasteiger partial charge in [0.15, 0.2) is 0 Å². The SMILES string of the molecule is COc1c([C](C)C)cccc1C1CC1. The Bertz CT molecular complexity index is 304. The number of ether oxygens (including phenoxy) is 1. The van der Waals surface area contributed by atoms with E-state index in [0.717, 1.165) is 11.7 Å². The Morgan fingerprint density at radius 1 is 1.29 bits per heavy atom. The molecule has 0 spiro atoms. The van der Waals surface area contributed by atoms with Crippen LogP contribution in [0.4, 0.5) is 0 Å². The highest BCUT2D eigenvalue weighted by Crippen LogP contribution is 2.46. The molecule has 1 nitrogen and oxygen atoms in total. The van der Waals surface area contributed by atoms with E-state index < -0.39 is 0 Å². The van der Waals surface area contributed by atoms with Gasteiger partial charge >= 0.3 is 0 Å². The van der Waals surface area contributed by atoms with E-state index >= 15 is 0 Å². The van der Waals surface area contributed by atoms with E-state index in [1.165, 1.54) is 29.9 Å². The number of hydrogen-bond acceptors (Lipinski definition) is 1. The Hall–Kier alpha value is -0.980. The Labute approximate surface area is 86.1 Å². The first-order valence-electron chi connectivity index (χ1n) is 5.21. The van der Waals surface area contributed by atoms with Crippen molar-refractivity contribution in [2.75, 3.05) is 7.11 Å². The topological polar surface area (TPSA) is 9.23 Å². The highest BCUT2D eigenvalue weighted by molar-refractivity contribution is 5.50. The maximum absolute atomic E-state index is 5.52. The minimum Gasteiger partial charge on any atom is -0.496 e.